The number of benzene rings is 1. The Morgan fingerprint density at radius 2 is 1.76 bits per heavy atom. The molecule has 2 amide bonds. The summed E-state index contributed by atoms with van der Waals surface area (Å²) in [6, 6.07) is 8.43. The molecule has 2 fully saturated rings. The van der Waals surface area contributed by atoms with Crippen LogP contribution in [-0.4, -0.2) is 76.9 Å². The van der Waals surface area contributed by atoms with Gasteiger partial charge in [0.2, 0.25) is 5.91 Å². The van der Waals surface area contributed by atoms with Gasteiger partial charge < -0.3 is 14.7 Å². The van der Waals surface area contributed by atoms with Crippen molar-refractivity contribution in [3.63, 3.8) is 0 Å². The lowest BCUT2D eigenvalue weighted by Crippen LogP contribution is -2.55. The summed E-state index contributed by atoms with van der Waals surface area (Å²) in [7, 11) is 0. The van der Waals surface area contributed by atoms with Gasteiger partial charge in [0, 0.05) is 32.2 Å². The van der Waals surface area contributed by atoms with Crippen LogP contribution in [0.5, 0.6) is 5.75 Å². The Balaban J connectivity index is 1.55. The standard InChI is InChI=1S/C25H39N3O5/c1-2-33-21-13-11-19(12-14-21)7-6-10-22(23(29)24(30)26-32)25(31)28-17-15-27(16-18-28)20-8-4-3-5-9-20/h11-14,20,22-23,29,32H,2-10,15-18H2,1H3,(H,26,30)/t22-,23+/m1/s1. The van der Waals surface area contributed by atoms with Gasteiger partial charge in [-0.3, -0.25) is 19.7 Å². The minimum Gasteiger partial charge on any atom is -0.494 e. The Morgan fingerprint density at radius 3 is 2.36 bits per heavy atom. The molecular weight excluding hydrogens is 422 g/mol. The van der Waals surface area contributed by atoms with E-state index in [1.807, 2.05) is 31.2 Å². The number of hydrogen-bond donors (Lipinski definition) is 3. The lowest BCUT2D eigenvalue weighted by Gasteiger charge is -2.41. The van der Waals surface area contributed by atoms with Gasteiger partial charge in [0.25, 0.3) is 5.91 Å². The molecule has 1 heterocycles. The molecule has 3 N–H and O–H groups in total. The van der Waals surface area contributed by atoms with Gasteiger partial charge in [-0.05, 0) is 56.7 Å². The molecular formula is C25H39N3O5. The van der Waals surface area contributed by atoms with Crippen LogP contribution in [0.3, 0.4) is 0 Å². The Hall–Kier alpha value is -2.16. The van der Waals surface area contributed by atoms with E-state index in [0.29, 0.717) is 38.6 Å². The molecule has 33 heavy (non-hydrogen) atoms. The van der Waals surface area contributed by atoms with Gasteiger partial charge in [0.05, 0.1) is 12.5 Å². The number of carbonyl (C=O) groups is 2. The number of amides is 2. The van der Waals surface area contributed by atoms with Crippen molar-refractivity contribution in [2.75, 3.05) is 32.8 Å². The van der Waals surface area contributed by atoms with E-state index < -0.39 is 17.9 Å². The predicted molar refractivity (Wildman–Crippen MR) is 125 cm³/mol. The maximum atomic E-state index is 13.3. The first-order valence-corrected chi connectivity index (χ1v) is 12.4. The van der Waals surface area contributed by atoms with Crippen LogP contribution < -0.4 is 10.2 Å². The van der Waals surface area contributed by atoms with E-state index in [0.717, 1.165) is 30.8 Å². The van der Waals surface area contributed by atoms with Gasteiger partial charge in [0.15, 0.2) is 0 Å². The van der Waals surface area contributed by atoms with Gasteiger partial charge in [-0.2, -0.15) is 0 Å². The number of piperazine rings is 1. The summed E-state index contributed by atoms with van der Waals surface area (Å²) >= 11 is 0. The van der Waals surface area contributed by atoms with E-state index in [4.69, 9.17) is 9.94 Å². The molecule has 8 heteroatoms. The summed E-state index contributed by atoms with van der Waals surface area (Å²) in [4.78, 5) is 29.5. The lowest BCUT2D eigenvalue weighted by atomic mass is 9.91. The number of hydrogen-bond acceptors (Lipinski definition) is 6. The van der Waals surface area contributed by atoms with Gasteiger partial charge in [-0.25, -0.2) is 5.48 Å². The number of aliphatic hydroxyl groups excluding tert-OH is 1. The van der Waals surface area contributed by atoms with Gasteiger partial charge in [-0.15, -0.1) is 0 Å². The van der Waals surface area contributed by atoms with Crippen molar-refractivity contribution < 1.29 is 24.6 Å². The Labute approximate surface area is 196 Å². The van der Waals surface area contributed by atoms with E-state index in [9.17, 15) is 14.7 Å². The van der Waals surface area contributed by atoms with Crippen molar-refractivity contribution in [2.45, 2.75) is 70.4 Å². The summed E-state index contributed by atoms with van der Waals surface area (Å²) in [6.45, 7) is 5.43. The fourth-order valence-electron chi connectivity index (χ4n) is 5.10. The van der Waals surface area contributed by atoms with Crippen molar-refractivity contribution in [1.29, 1.82) is 0 Å². The van der Waals surface area contributed by atoms with Gasteiger partial charge in [-0.1, -0.05) is 31.4 Å². The summed E-state index contributed by atoms with van der Waals surface area (Å²) in [5, 5.41) is 19.5. The monoisotopic (exact) mass is 461 g/mol. The highest BCUT2D eigenvalue weighted by atomic mass is 16.5. The third-order valence-electron chi connectivity index (χ3n) is 7.01. The molecule has 1 saturated heterocycles. The highest BCUT2D eigenvalue weighted by molar-refractivity contribution is 5.88. The first-order chi connectivity index (χ1) is 16.0. The second-order valence-corrected chi connectivity index (χ2v) is 9.15. The molecule has 1 aliphatic heterocycles. The summed E-state index contributed by atoms with van der Waals surface area (Å²) in [5.41, 5.74) is 2.60. The number of nitrogens with zero attached hydrogens (tertiary/aromatic N) is 2. The topological polar surface area (TPSA) is 102 Å². The van der Waals surface area contributed by atoms with E-state index in [-0.39, 0.29) is 5.91 Å². The van der Waals surface area contributed by atoms with Crippen LogP contribution in [0.15, 0.2) is 24.3 Å². The molecule has 0 aromatic heterocycles. The molecule has 0 spiro atoms. The van der Waals surface area contributed by atoms with Crippen LogP contribution in [0.1, 0.15) is 57.4 Å². The fraction of sp³-hybridized carbons (Fsp3) is 0.680. The van der Waals surface area contributed by atoms with Crippen molar-refractivity contribution >= 4 is 11.8 Å². The normalized spacial score (nSPS) is 19.7. The molecule has 1 aliphatic carbocycles. The first kappa shape index (κ1) is 25.5. The average Bonchev–Trinajstić information content (AvgIpc) is 2.87. The molecule has 1 aromatic carbocycles. The zero-order valence-electron chi connectivity index (χ0n) is 19.7. The highest BCUT2D eigenvalue weighted by Crippen LogP contribution is 2.25. The number of carbonyl (C=O) groups excluding carboxylic acids is 2. The number of hydroxylamine groups is 1. The quantitative estimate of drug-likeness (QED) is 0.365. The van der Waals surface area contributed by atoms with Crippen LogP contribution in [0.25, 0.3) is 0 Å². The van der Waals surface area contributed by atoms with E-state index in [2.05, 4.69) is 4.90 Å². The van der Waals surface area contributed by atoms with Crippen molar-refractivity contribution in [1.82, 2.24) is 15.3 Å². The fourth-order valence-corrected chi connectivity index (χ4v) is 5.10. The third kappa shape index (κ3) is 7.16. The smallest absolute Gasteiger partial charge is 0.272 e. The summed E-state index contributed by atoms with van der Waals surface area (Å²) in [6.07, 6.45) is 6.50. The molecule has 1 saturated carbocycles. The number of aliphatic hydroxyl groups is 1. The second-order valence-electron chi connectivity index (χ2n) is 9.15. The molecule has 2 aliphatic rings. The zero-order chi connectivity index (χ0) is 23.6. The predicted octanol–water partition coefficient (Wildman–Crippen LogP) is 2.37. The van der Waals surface area contributed by atoms with Crippen molar-refractivity contribution in [3.8, 4) is 5.75 Å². The zero-order valence-corrected chi connectivity index (χ0v) is 19.7. The Bertz CT molecular complexity index is 743. The molecule has 3 rings (SSSR count). The number of aryl methyl sites for hydroxylation is 1. The first-order valence-electron chi connectivity index (χ1n) is 12.4. The van der Waals surface area contributed by atoms with Crippen molar-refractivity contribution in [2.24, 2.45) is 5.92 Å². The molecule has 0 radical (unpaired) electrons. The molecule has 8 nitrogen and oxygen atoms in total. The third-order valence-corrected chi connectivity index (χ3v) is 7.01. The lowest BCUT2D eigenvalue weighted by molar-refractivity contribution is -0.151. The average molecular weight is 462 g/mol. The summed E-state index contributed by atoms with van der Waals surface area (Å²) < 4.78 is 5.46. The van der Waals surface area contributed by atoms with Crippen LogP contribution in [-0.2, 0) is 16.0 Å². The van der Waals surface area contributed by atoms with Gasteiger partial charge in [0.1, 0.15) is 11.9 Å². The minimum absolute atomic E-state index is 0.207. The maximum Gasteiger partial charge on any atom is 0.272 e. The number of nitrogens with one attached hydrogen (secondary N) is 1. The number of rotatable bonds is 10. The summed E-state index contributed by atoms with van der Waals surface area (Å²) in [5.74, 6) is -1.20. The van der Waals surface area contributed by atoms with Crippen LogP contribution in [0.4, 0.5) is 0 Å². The van der Waals surface area contributed by atoms with Gasteiger partial charge >= 0.3 is 0 Å². The maximum absolute atomic E-state index is 13.3. The molecule has 0 unspecified atom stereocenters. The van der Waals surface area contributed by atoms with Crippen LogP contribution in [0, 0.1) is 5.92 Å². The van der Waals surface area contributed by atoms with E-state index in [1.54, 1.807) is 4.90 Å². The molecule has 184 valence electrons. The highest BCUT2D eigenvalue weighted by Gasteiger charge is 2.36. The second kappa shape index (κ2) is 12.9. The number of ether oxygens (including phenoxy) is 1. The Kier molecular flexibility index (Phi) is 9.96. The molecule has 0 bridgehead atoms. The minimum atomic E-state index is -1.57. The van der Waals surface area contributed by atoms with Crippen LogP contribution >= 0.6 is 0 Å². The van der Waals surface area contributed by atoms with Crippen LogP contribution in [0.2, 0.25) is 0 Å². The van der Waals surface area contributed by atoms with E-state index >= 15 is 0 Å². The largest absolute Gasteiger partial charge is 0.494 e. The molecule has 1 aromatic rings. The van der Waals surface area contributed by atoms with E-state index in [1.165, 1.54) is 37.6 Å². The van der Waals surface area contributed by atoms with Crippen molar-refractivity contribution in [3.05, 3.63) is 29.8 Å². The Morgan fingerprint density at radius 1 is 1.09 bits per heavy atom. The SMILES string of the molecule is CCOc1ccc(CCC[C@@H](C(=O)N2CCN(C3CCCCC3)CC2)[C@H](O)C(=O)NO)cc1. The molecule has 2 atom stereocenters.